The summed E-state index contributed by atoms with van der Waals surface area (Å²) in [6, 6.07) is 9.37. The van der Waals surface area contributed by atoms with Gasteiger partial charge in [0.05, 0.1) is 0 Å². The summed E-state index contributed by atoms with van der Waals surface area (Å²) in [6.45, 7) is 13.3. The number of carbonyl (C=O) groups excluding carboxylic acids is 1. The van der Waals surface area contributed by atoms with Crippen LogP contribution in [0.4, 0.5) is 0 Å². The van der Waals surface area contributed by atoms with Crippen molar-refractivity contribution in [2.24, 2.45) is 0 Å². The molecule has 0 amide bonds. The Morgan fingerprint density at radius 1 is 1.08 bits per heavy atom. The molecule has 0 saturated carbocycles. The van der Waals surface area contributed by atoms with E-state index in [1.807, 2.05) is 12.1 Å². The van der Waals surface area contributed by atoms with Gasteiger partial charge in [-0.2, -0.15) is 0 Å². The lowest BCUT2D eigenvalue weighted by molar-refractivity contribution is 0.0979. The Balaban J connectivity index is 2.42. The largest absolute Gasteiger partial charge is 0.358 e. The number of thiocarbonyl (C=S) groups is 1. The van der Waals surface area contributed by atoms with Crippen LogP contribution in [0.2, 0.25) is 25.7 Å². The number of thioether (sulfide) groups is 1. The van der Waals surface area contributed by atoms with Crippen LogP contribution in [-0.2, 0) is 5.75 Å². The quantitative estimate of drug-likeness (QED) is 0.202. The van der Waals surface area contributed by atoms with Crippen LogP contribution < -0.4 is 0 Å². The van der Waals surface area contributed by atoms with Gasteiger partial charge in [-0.15, -0.1) is 0 Å². The fourth-order valence-electron chi connectivity index (χ4n) is 2.59. The summed E-state index contributed by atoms with van der Waals surface area (Å²) in [7, 11) is -0.976. The molecular weight excluding hydrogens is 362 g/mol. The summed E-state index contributed by atoms with van der Waals surface area (Å²) >= 11 is 7.16. The van der Waals surface area contributed by atoms with Gasteiger partial charge < -0.3 is 4.90 Å². The first-order valence-electron chi connectivity index (χ1n) is 9.30. The van der Waals surface area contributed by atoms with Crippen LogP contribution in [-0.4, -0.2) is 36.2 Å². The SMILES string of the molecule is CCN(CC)C(=S)SCc1ccc(C(=O)CCCC[Si](C)(C)C)cc1. The first-order valence-corrected chi connectivity index (χ1v) is 14.4. The molecule has 0 aromatic heterocycles. The number of nitrogens with zero attached hydrogens (tertiary/aromatic N) is 1. The molecule has 0 aliphatic carbocycles. The minimum atomic E-state index is -0.976. The van der Waals surface area contributed by atoms with Crippen molar-refractivity contribution >= 4 is 42.2 Å². The van der Waals surface area contributed by atoms with Gasteiger partial charge in [0.1, 0.15) is 4.32 Å². The Labute approximate surface area is 164 Å². The number of hydrogen-bond donors (Lipinski definition) is 0. The van der Waals surface area contributed by atoms with Gasteiger partial charge in [-0.25, -0.2) is 0 Å². The van der Waals surface area contributed by atoms with Gasteiger partial charge in [-0.1, -0.05) is 80.4 Å². The third kappa shape index (κ3) is 9.02. The minimum absolute atomic E-state index is 0.272. The molecule has 0 radical (unpaired) electrons. The van der Waals surface area contributed by atoms with E-state index in [0.717, 1.165) is 35.1 Å². The molecule has 0 heterocycles. The van der Waals surface area contributed by atoms with E-state index >= 15 is 0 Å². The summed E-state index contributed by atoms with van der Waals surface area (Å²) in [5, 5.41) is 0. The highest BCUT2D eigenvalue weighted by Gasteiger charge is 2.13. The van der Waals surface area contributed by atoms with Gasteiger partial charge in [0.2, 0.25) is 0 Å². The maximum Gasteiger partial charge on any atom is 0.162 e. The maximum absolute atomic E-state index is 12.3. The molecule has 1 rings (SSSR count). The van der Waals surface area contributed by atoms with Crippen LogP contribution in [0.3, 0.4) is 0 Å². The molecule has 1 aromatic rings. The van der Waals surface area contributed by atoms with Crippen molar-refractivity contribution in [3.05, 3.63) is 35.4 Å². The molecule has 0 atom stereocenters. The van der Waals surface area contributed by atoms with Crippen LogP contribution in [0.25, 0.3) is 0 Å². The van der Waals surface area contributed by atoms with E-state index in [4.69, 9.17) is 12.2 Å². The van der Waals surface area contributed by atoms with E-state index in [9.17, 15) is 4.79 Å². The first kappa shape index (κ1) is 22.4. The fraction of sp³-hybridized carbons (Fsp3) is 0.600. The highest BCUT2D eigenvalue weighted by atomic mass is 32.2. The Bertz CT molecular complexity index is 548. The molecule has 2 nitrogen and oxygen atoms in total. The lowest BCUT2D eigenvalue weighted by Crippen LogP contribution is -2.26. The van der Waals surface area contributed by atoms with E-state index in [2.05, 4.69) is 50.5 Å². The average Bonchev–Trinajstić information content (AvgIpc) is 2.57. The van der Waals surface area contributed by atoms with Gasteiger partial charge in [-0.3, -0.25) is 4.79 Å². The molecule has 0 fully saturated rings. The van der Waals surface area contributed by atoms with E-state index in [1.54, 1.807) is 11.8 Å². The predicted molar refractivity (Wildman–Crippen MR) is 120 cm³/mol. The molecule has 0 spiro atoms. The van der Waals surface area contributed by atoms with Crippen LogP contribution >= 0.6 is 24.0 Å². The first-order chi connectivity index (χ1) is 11.8. The molecule has 1 aromatic carbocycles. The number of Topliss-reactive ketones (excluding diaryl/α,β-unsaturated/α-hetero) is 1. The maximum atomic E-state index is 12.3. The summed E-state index contributed by atoms with van der Waals surface area (Å²) in [5.74, 6) is 1.13. The predicted octanol–water partition coefficient (Wildman–Crippen LogP) is 6.24. The average molecular weight is 396 g/mol. The molecule has 0 bridgehead atoms. The monoisotopic (exact) mass is 395 g/mol. The van der Waals surface area contributed by atoms with Crippen molar-refractivity contribution in [2.75, 3.05) is 13.1 Å². The zero-order chi connectivity index (χ0) is 18.9. The third-order valence-electron chi connectivity index (χ3n) is 4.24. The fourth-order valence-corrected chi connectivity index (χ4v) is 5.26. The van der Waals surface area contributed by atoms with Crippen molar-refractivity contribution in [1.82, 2.24) is 4.90 Å². The van der Waals surface area contributed by atoms with E-state index in [1.165, 1.54) is 18.0 Å². The number of benzene rings is 1. The zero-order valence-corrected chi connectivity index (χ0v) is 19.1. The van der Waals surface area contributed by atoms with Gasteiger partial charge >= 0.3 is 0 Å². The molecular formula is C20H33NOS2Si. The second-order valence-electron chi connectivity index (χ2n) is 7.61. The third-order valence-corrected chi connectivity index (χ3v) is 7.69. The molecule has 0 aliphatic heterocycles. The Morgan fingerprint density at radius 2 is 1.68 bits per heavy atom. The normalized spacial score (nSPS) is 11.4. The second kappa shape index (κ2) is 11.1. The lowest BCUT2D eigenvalue weighted by Gasteiger charge is -2.20. The van der Waals surface area contributed by atoms with Crippen molar-refractivity contribution in [3.8, 4) is 0 Å². The van der Waals surface area contributed by atoms with Gasteiger partial charge in [0.15, 0.2) is 5.78 Å². The van der Waals surface area contributed by atoms with Gasteiger partial charge in [0, 0.05) is 38.9 Å². The van der Waals surface area contributed by atoms with Crippen molar-refractivity contribution in [2.45, 2.75) is 64.5 Å². The Morgan fingerprint density at radius 3 is 2.20 bits per heavy atom. The van der Waals surface area contributed by atoms with Gasteiger partial charge in [0.25, 0.3) is 0 Å². The number of carbonyl (C=O) groups is 1. The molecule has 0 saturated heterocycles. The summed E-state index contributed by atoms with van der Waals surface area (Å²) < 4.78 is 0.951. The number of rotatable bonds is 10. The Hall–Kier alpha value is -0.653. The molecule has 140 valence electrons. The standard InChI is InChI=1S/C20H33NOS2Si/c1-6-21(7-2)20(23)24-16-17-11-13-18(14-12-17)19(22)10-8-9-15-25(3,4)5/h11-14H,6-10,15-16H2,1-5H3. The zero-order valence-electron chi connectivity index (χ0n) is 16.4. The number of ketones is 1. The number of unbranched alkanes of at least 4 members (excludes halogenated alkanes) is 1. The van der Waals surface area contributed by atoms with Crippen molar-refractivity contribution in [1.29, 1.82) is 0 Å². The van der Waals surface area contributed by atoms with E-state index in [0.29, 0.717) is 6.42 Å². The minimum Gasteiger partial charge on any atom is -0.358 e. The van der Waals surface area contributed by atoms with Crippen LogP contribution in [0.5, 0.6) is 0 Å². The van der Waals surface area contributed by atoms with Gasteiger partial charge in [-0.05, 0) is 25.8 Å². The van der Waals surface area contributed by atoms with Crippen molar-refractivity contribution < 1.29 is 4.79 Å². The lowest BCUT2D eigenvalue weighted by atomic mass is 10.0. The second-order valence-corrected chi connectivity index (χ2v) is 14.8. The van der Waals surface area contributed by atoms with Crippen LogP contribution in [0.1, 0.15) is 49.0 Å². The summed E-state index contributed by atoms with van der Waals surface area (Å²) in [4.78, 5) is 14.5. The van der Waals surface area contributed by atoms with Crippen LogP contribution in [0, 0.1) is 0 Å². The van der Waals surface area contributed by atoms with E-state index < -0.39 is 8.07 Å². The Kier molecular flexibility index (Phi) is 9.98. The highest BCUT2D eigenvalue weighted by molar-refractivity contribution is 8.22. The molecule has 0 unspecified atom stereocenters. The highest BCUT2D eigenvalue weighted by Crippen LogP contribution is 2.19. The van der Waals surface area contributed by atoms with E-state index in [-0.39, 0.29) is 5.78 Å². The van der Waals surface area contributed by atoms with Crippen molar-refractivity contribution in [3.63, 3.8) is 0 Å². The molecule has 0 N–H and O–H groups in total. The molecule has 5 heteroatoms. The number of hydrogen-bond acceptors (Lipinski definition) is 3. The molecule has 25 heavy (non-hydrogen) atoms. The summed E-state index contributed by atoms with van der Waals surface area (Å²) in [5.41, 5.74) is 2.06. The topological polar surface area (TPSA) is 20.3 Å². The van der Waals surface area contributed by atoms with Crippen LogP contribution in [0.15, 0.2) is 24.3 Å². The smallest absolute Gasteiger partial charge is 0.162 e. The molecule has 0 aliphatic rings. The summed E-state index contributed by atoms with van der Waals surface area (Å²) in [6.07, 6.45) is 2.86.